The first-order valence-electron chi connectivity index (χ1n) is 10.1. The Balaban J connectivity index is 1.49. The summed E-state index contributed by atoms with van der Waals surface area (Å²) in [5, 5.41) is 1.12. The summed E-state index contributed by atoms with van der Waals surface area (Å²) in [4.78, 5) is 24.9. The van der Waals surface area contributed by atoms with Gasteiger partial charge in [0.2, 0.25) is 11.2 Å². The lowest BCUT2D eigenvalue weighted by molar-refractivity contribution is -0.128. The van der Waals surface area contributed by atoms with E-state index in [4.69, 9.17) is 37.1 Å². The van der Waals surface area contributed by atoms with E-state index < -0.39 is 5.97 Å². The van der Waals surface area contributed by atoms with Crippen molar-refractivity contribution in [1.82, 2.24) is 0 Å². The number of aryl methyl sites for hydroxylation is 1. The number of fused-ring (bicyclic) bond motifs is 1. The molecule has 0 fully saturated rings. The summed E-state index contributed by atoms with van der Waals surface area (Å²) >= 11 is 11.9. The Morgan fingerprint density at radius 1 is 0.970 bits per heavy atom. The molecule has 33 heavy (non-hydrogen) atoms. The minimum atomic E-state index is -0.599. The van der Waals surface area contributed by atoms with Gasteiger partial charge in [0.25, 0.3) is 0 Å². The maximum atomic E-state index is 12.8. The molecule has 0 bridgehead atoms. The lowest BCUT2D eigenvalue weighted by Crippen LogP contribution is -2.06. The van der Waals surface area contributed by atoms with Crippen molar-refractivity contribution < 1.29 is 18.7 Å². The van der Waals surface area contributed by atoms with Gasteiger partial charge in [0.05, 0.1) is 15.4 Å². The fourth-order valence-electron chi connectivity index (χ4n) is 3.08. The van der Waals surface area contributed by atoms with Crippen LogP contribution < -0.4 is 14.9 Å². The molecular formula is C26H18Cl2O5. The minimum absolute atomic E-state index is 0.0704. The largest absolute Gasteiger partial charge is 0.460 e. The summed E-state index contributed by atoms with van der Waals surface area (Å²) in [6.07, 6.45) is 4.98. The van der Waals surface area contributed by atoms with E-state index in [0.29, 0.717) is 26.7 Å². The molecule has 1 heterocycles. The lowest BCUT2D eigenvalue weighted by Gasteiger charge is -2.07. The van der Waals surface area contributed by atoms with Gasteiger partial charge < -0.3 is 13.9 Å². The number of rotatable bonds is 6. The fraction of sp³-hybridized carbons (Fsp3) is 0.0769. The molecule has 0 aliphatic carbocycles. The van der Waals surface area contributed by atoms with Gasteiger partial charge in [-0.2, -0.15) is 0 Å². The van der Waals surface area contributed by atoms with Gasteiger partial charge in [0.1, 0.15) is 23.3 Å². The maximum Gasteiger partial charge on any atom is 0.336 e. The molecule has 0 saturated carbocycles. The molecular weight excluding hydrogens is 463 g/mol. The average molecular weight is 481 g/mol. The van der Waals surface area contributed by atoms with Gasteiger partial charge >= 0.3 is 5.97 Å². The molecule has 166 valence electrons. The second kappa shape index (κ2) is 9.94. The highest BCUT2D eigenvalue weighted by molar-refractivity contribution is 6.42. The van der Waals surface area contributed by atoms with E-state index >= 15 is 0 Å². The zero-order valence-electron chi connectivity index (χ0n) is 17.5. The third-order valence-corrected chi connectivity index (χ3v) is 5.59. The van der Waals surface area contributed by atoms with E-state index in [2.05, 4.69) is 6.92 Å². The normalized spacial score (nSPS) is 11.1. The van der Waals surface area contributed by atoms with E-state index in [1.165, 1.54) is 36.1 Å². The fourth-order valence-corrected chi connectivity index (χ4v) is 3.38. The number of hydrogen-bond acceptors (Lipinski definition) is 5. The Kier molecular flexibility index (Phi) is 6.82. The molecule has 7 heteroatoms. The number of carbonyl (C=O) groups is 1. The van der Waals surface area contributed by atoms with Crippen molar-refractivity contribution in [2.45, 2.75) is 13.3 Å². The van der Waals surface area contributed by atoms with Crippen LogP contribution in [0.5, 0.6) is 17.2 Å². The second-order valence-corrected chi connectivity index (χ2v) is 7.93. The van der Waals surface area contributed by atoms with Crippen LogP contribution in [0.4, 0.5) is 0 Å². The van der Waals surface area contributed by atoms with Crippen molar-refractivity contribution in [1.29, 1.82) is 0 Å². The summed E-state index contributed by atoms with van der Waals surface area (Å²) in [6.45, 7) is 2.06. The van der Waals surface area contributed by atoms with Gasteiger partial charge in [-0.25, -0.2) is 4.79 Å². The molecule has 0 aliphatic rings. The molecule has 0 radical (unpaired) electrons. The smallest absolute Gasteiger partial charge is 0.336 e. The molecule has 0 N–H and O–H groups in total. The number of halogens is 2. The zero-order valence-corrected chi connectivity index (χ0v) is 19.0. The number of esters is 1. The maximum absolute atomic E-state index is 12.8. The second-order valence-electron chi connectivity index (χ2n) is 7.11. The average Bonchev–Trinajstić information content (AvgIpc) is 2.82. The van der Waals surface area contributed by atoms with E-state index in [1.807, 2.05) is 12.1 Å². The molecule has 0 amide bonds. The molecule has 4 aromatic rings. The van der Waals surface area contributed by atoms with Crippen LogP contribution in [0.2, 0.25) is 10.0 Å². The molecule has 0 atom stereocenters. The summed E-state index contributed by atoms with van der Waals surface area (Å²) < 4.78 is 16.5. The molecule has 0 aliphatic heterocycles. The Morgan fingerprint density at radius 3 is 2.45 bits per heavy atom. The highest BCUT2D eigenvalue weighted by Gasteiger charge is 2.11. The van der Waals surface area contributed by atoms with Crippen LogP contribution >= 0.6 is 23.2 Å². The van der Waals surface area contributed by atoms with Crippen LogP contribution in [-0.2, 0) is 11.2 Å². The van der Waals surface area contributed by atoms with Crippen LogP contribution in [0, 0.1) is 0 Å². The number of hydrogen-bond donors (Lipinski definition) is 0. The monoisotopic (exact) mass is 480 g/mol. The SMILES string of the molecule is CCc1ccc(Oc2coc3cc(OC(=O)C=Cc4ccc(Cl)c(Cl)c4)ccc3c2=O)cc1. The molecule has 0 unspecified atom stereocenters. The summed E-state index contributed by atoms with van der Waals surface area (Å²) in [7, 11) is 0. The summed E-state index contributed by atoms with van der Waals surface area (Å²) in [5.41, 5.74) is 1.81. The first kappa shape index (κ1) is 22.6. The van der Waals surface area contributed by atoms with E-state index in [1.54, 1.807) is 36.4 Å². The van der Waals surface area contributed by atoms with Gasteiger partial charge in [-0.1, -0.05) is 48.3 Å². The predicted molar refractivity (Wildman–Crippen MR) is 130 cm³/mol. The quantitative estimate of drug-likeness (QED) is 0.167. The molecule has 0 saturated heterocycles. The van der Waals surface area contributed by atoms with Crippen molar-refractivity contribution in [3.05, 3.63) is 104 Å². The van der Waals surface area contributed by atoms with Gasteiger partial charge in [-0.3, -0.25) is 4.79 Å². The molecule has 3 aromatic carbocycles. The summed E-state index contributed by atoms with van der Waals surface area (Å²) in [6, 6.07) is 17.0. The topological polar surface area (TPSA) is 65.7 Å². The van der Waals surface area contributed by atoms with Gasteiger partial charge in [-0.05, 0) is 60.0 Å². The first-order chi connectivity index (χ1) is 15.9. The van der Waals surface area contributed by atoms with Crippen molar-refractivity contribution in [3.63, 3.8) is 0 Å². The van der Waals surface area contributed by atoms with Crippen LogP contribution in [0.3, 0.4) is 0 Å². The van der Waals surface area contributed by atoms with Crippen molar-refractivity contribution in [3.8, 4) is 17.2 Å². The van der Waals surface area contributed by atoms with Crippen LogP contribution in [0.1, 0.15) is 18.1 Å². The highest BCUT2D eigenvalue weighted by atomic mass is 35.5. The Bertz CT molecular complexity index is 1400. The third kappa shape index (κ3) is 5.45. The molecule has 1 aromatic heterocycles. The predicted octanol–water partition coefficient (Wildman–Crippen LogP) is 7.07. The first-order valence-corrected chi connectivity index (χ1v) is 10.9. The van der Waals surface area contributed by atoms with Crippen LogP contribution in [0.15, 0.2) is 82.2 Å². The zero-order chi connectivity index (χ0) is 23.4. The number of benzene rings is 3. The Hall–Kier alpha value is -3.54. The minimum Gasteiger partial charge on any atom is -0.460 e. The Morgan fingerprint density at radius 2 is 1.73 bits per heavy atom. The third-order valence-electron chi connectivity index (χ3n) is 4.85. The number of ether oxygens (including phenoxy) is 2. The van der Waals surface area contributed by atoms with Gasteiger partial charge in [0.15, 0.2) is 0 Å². The van der Waals surface area contributed by atoms with E-state index in [-0.39, 0.29) is 22.5 Å². The lowest BCUT2D eigenvalue weighted by atomic mass is 10.2. The highest BCUT2D eigenvalue weighted by Crippen LogP contribution is 2.25. The Labute approximate surface area is 199 Å². The molecule has 4 rings (SSSR count). The van der Waals surface area contributed by atoms with E-state index in [9.17, 15) is 9.59 Å². The van der Waals surface area contributed by atoms with Crippen molar-refractivity contribution >= 4 is 46.2 Å². The van der Waals surface area contributed by atoms with Crippen LogP contribution in [-0.4, -0.2) is 5.97 Å². The van der Waals surface area contributed by atoms with Crippen molar-refractivity contribution in [2.24, 2.45) is 0 Å². The van der Waals surface area contributed by atoms with Gasteiger partial charge in [-0.15, -0.1) is 0 Å². The standard InChI is InChI=1S/C26H18Cl2O5/c1-2-16-3-7-18(8-4-16)32-24-15-31-23-14-19(9-10-20(23)26(24)30)33-25(29)12-6-17-5-11-21(27)22(28)13-17/h3-15H,2H2,1H3. The van der Waals surface area contributed by atoms with Crippen molar-refractivity contribution in [2.75, 3.05) is 0 Å². The van der Waals surface area contributed by atoms with Gasteiger partial charge in [0, 0.05) is 12.1 Å². The van der Waals surface area contributed by atoms with Crippen LogP contribution in [0.25, 0.3) is 17.0 Å². The molecule has 0 spiro atoms. The summed E-state index contributed by atoms with van der Waals surface area (Å²) in [5.74, 6) is 0.246. The number of carbonyl (C=O) groups excluding carboxylic acids is 1. The van der Waals surface area contributed by atoms with E-state index in [0.717, 1.165) is 6.42 Å². The molecule has 5 nitrogen and oxygen atoms in total.